The highest BCUT2D eigenvalue weighted by atomic mass is 16.5. The molecule has 1 aromatic heterocycles. The minimum Gasteiger partial charge on any atom is -0.490 e. The monoisotopic (exact) mass is 296 g/mol. The Balaban J connectivity index is 2.41. The second kappa shape index (κ2) is 8.04. The first kappa shape index (κ1) is 15.8. The van der Waals surface area contributed by atoms with Gasteiger partial charge in [-0.15, -0.1) is 0 Å². The molecule has 0 spiro atoms. The highest BCUT2D eigenvalue weighted by Crippen LogP contribution is 2.37. The van der Waals surface area contributed by atoms with Crippen molar-refractivity contribution in [3.8, 4) is 28.8 Å². The normalized spacial score (nSPS) is 10.0. The van der Waals surface area contributed by atoms with Crippen molar-refractivity contribution in [1.29, 1.82) is 5.26 Å². The third-order valence-electron chi connectivity index (χ3n) is 3.06. The fourth-order valence-corrected chi connectivity index (χ4v) is 2.02. The van der Waals surface area contributed by atoms with Crippen molar-refractivity contribution >= 4 is 0 Å². The molecule has 0 atom stereocenters. The Morgan fingerprint density at radius 1 is 1.05 bits per heavy atom. The number of pyridine rings is 1. The summed E-state index contributed by atoms with van der Waals surface area (Å²) in [6, 6.07) is 11.5. The molecule has 0 aliphatic carbocycles. The fourth-order valence-electron chi connectivity index (χ4n) is 2.02. The molecule has 4 nitrogen and oxygen atoms in total. The topological polar surface area (TPSA) is 55.1 Å². The van der Waals surface area contributed by atoms with Gasteiger partial charge in [0, 0.05) is 11.8 Å². The molecule has 2 rings (SSSR count). The molecule has 22 heavy (non-hydrogen) atoms. The summed E-state index contributed by atoms with van der Waals surface area (Å²) in [4.78, 5) is 4.35. The first-order valence-corrected chi connectivity index (χ1v) is 7.55. The standard InChI is InChI=1S/C18H20N2O2/c1-3-10-21-17-7-5-6-15(18(17)22-11-4-2)16-9-8-14(12-19)13-20-16/h5-9,13H,3-4,10-11H2,1-2H3. The van der Waals surface area contributed by atoms with Crippen LogP contribution >= 0.6 is 0 Å². The van der Waals surface area contributed by atoms with Crippen LogP contribution in [0, 0.1) is 11.3 Å². The average Bonchev–Trinajstić information content (AvgIpc) is 2.58. The Morgan fingerprint density at radius 2 is 1.82 bits per heavy atom. The van der Waals surface area contributed by atoms with Crippen molar-refractivity contribution in [1.82, 2.24) is 4.98 Å². The molecule has 0 amide bonds. The van der Waals surface area contributed by atoms with Gasteiger partial charge in [0.15, 0.2) is 11.5 Å². The van der Waals surface area contributed by atoms with Crippen LogP contribution in [0.4, 0.5) is 0 Å². The van der Waals surface area contributed by atoms with Crippen LogP contribution in [0.25, 0.3) is 11.3 Å². The Kier molecular flexibility index (Phi) is 5.79. The summed E-state index contributed by atoms with van der Waals surface area (Å²) < 4.78 is 11.7. The molecule has 114 valence electrons. The number of nitriles is 1. The Morgan fingerprint density at radius 3 is 2.45 bits per heavy atom. The van der Waals surface area contributed by atoms with E-state index in [2.05, 4.69) is 24.9 Å². The molecule has 0 bridgehead atoms. The lowest BCUT2D eigenvalue weighted by Gasteiger charge is -2.15. The second-order valence-electron chi connectivity index (χ2n) is 4.87. The SMILES string of the molecule is CCCOc1cccc(-c2ccc(C#N)cn2)c1OCCC. The smallest absolute Gasteiger partial charge is 0.170 e. The quantitative estimate of drug-likeness (QED) is 0.768. The molecule has 4 heteroatoms. The summed E-state index contributed by atoms with van der Waals surface area (Å²) in [6.45, 7) is 5.40. The summed E-state index contributed by atoms with van der Waals surface area (Å²) in [5, 5.41) is 8.88. The van der Waals surface area contributed by atoms with E-state index in [4.69, 9.17) is 14.7 Å². The molecular formula is C18H20N2O2. The predicted octanol–water partition coefficient (Wildman–Crippen LogP) is 4.20. The highest BCUT2D eigenvalue weighted by Gasteiger charge is 2.13. The molecular weight excluding hydrogens is 276 g/mol. The van der Waals surface area contributed by atoms with E-state index in [1.54, 1.807) is 12.3 Å². The van der Waals surface area contributed by atoms with Gasteiger partial charge < -0.3 is 9.47 Å². The number of nitrogens with zero attached hydrogens (tertiary/aromatic N) is 2. The average molecular weight is 296 g/mol. The second-order valence-corrected chi connectivity index (χ2v) is 4.87. The third-order valence-corrected chi connectivity index (χ3v) is 3.06. The Bertz CT molecular complexity index is 645. The lowest BCUT2D eigenvalue weighted by atomic mass is 10.1. The fraction of sp³-hybridized carbons (Fsp3) is 0.333. The van der Waals surface area contributed by atoms with Gasteiger partial charge in [-0.2, -0.15) is 5.26 Å². The number of hydrogen-bond acceptors (Lipinski definition) is 4. The van der Waals surface area contributed by atoms with Crippen molar-refractivity contribution in [3.05, 3.63) is 42.1 Å². The van der Waals surface area contributed by atoms with E-state index in [1.165, 1.54) is 0 Å². The first-order chi connectivity index (χ1) is 10.8. The van der Waals surface area contributed by atoms with Gasteiger partial charge in [-0.1, -0.05) is 19.9 Å². The molecule has 0 N–H and O–H groups in total. The van der Waals surface area contributed by atoms with Gasteiger partial charge >= 0.3 is 0 Å². The Hall–Kier alpha value is -2.54. The van der Waals surface area contributed by atoms with Crippen molar-refractivity contribution < 1.29 is 9.47 Å². The van der Waals surface area contributed by atoms with Gasteiger partial charge in [0.2, 0.25) is 0 Å². The maximum Gasteiger partial charge on any atom is 0.170 e. The summed E-state index contributed by atoms with van der Waals surface area (Å²) in [5.74, 6) is 1.45. The minimum atomic E-state index is 0.540. The molecule has 1 heterocycles. The number of para-hydroxylation sites is 1. The maximum absolute atomic E-state index is 8.88. The van der Waals surface area contributed by atoms with Crippen LogP contribution in [0.2, 0.25) is 0 Å². The van der Waals surface area contributed by atoms with E-state index in [0.29, 0.717) is 18.8 Å². The van der Waals surface area contributed by atoms with Gasteiger partial charge in [0.05, 0.1) is 24.5 Å². The lowest BCUT2D eigenvalue weighted by molar-refractivity contribution is 0.269. The van der Waals surface area contributed by atoms with E-state index in [-0.39, 0.29) is 0 Å². The van der Waals surface area contributed by atoms with Crippen LogP contribution in [0.15, 0.2) is 36.5 Å². The van der Waals surface area contributed by atoms with Crippen LogP contribution in [0.5, 0.6) is 11.5 Å². The molecule has 0 aliphatic rings. The van der Waals surface area contributed by atoms with E-state index >= 15 is 0 Å². The summed E-state index contributed by atoms with van der Waals surface area (Å²) >= 11 is 0. The van der Waals surface area contributed by atoms with E-state index in [1.807, 2.05) is 24.3 Å². The van der Waals surface area contributed by atoms with Crippen molar-refractivity contribution in [2.45, 2.75) is 26.7 Å². The minimum absolute atomic E-state index is 0.540. The van der Waals surface area contributed by atoms with Crippen LogP contribution in [-0.4, -0.2) is 18.2 Å². The molecule has 0 radical (unpaired) electrons. The maximum atomic E-state index is 8.88. The molecule has 2 aromatic rings. The van der Waals surface area contributed by atoms with Gasteiger partial charge in [-0.05, 0) is 37.1 Å². The van der Waals surface area contributed by atoms with Gasteiger partial charge in [0.25, 0.3) is 0 Å². The van der Waals surface area contributed by atoms with Crippen molar-refractivity contribution in [3.63, 3.8) is 0 Å². The van der Waals surface area contributed by atoms with Gasteiger partial charge in [0.1, 0.15) is 6.07 Å². The van der Waals surface area contributed by atoms with Crippen molar-refractivity contribution in [2.24, 2.45) is 0 Å². The van der Waals surface area contributed by atoms with E-state index < -0.39 is 0 Å². The highest BCUT2D eigenvalue weighted by molar-refractivity contribution is 5.71. The molecule has 0 fully saturated rings. The van der Waals surface area contributed by atoms with E-state index in [9.17, 15) is 0 Å². The van der Waals surface area contributed by atoms with E-state index in [0.717, 1.165) is 35.6 Å². The molecule has 1 aromatic carbocycles. The number of rotatable bonds is 7. The Labute approximate surface area is 131 Å². The molecule has 0 saturated carbocycles. The zero-order chi connectivity index (χ0) is 15.8. The summed E-state index contributed by atoms with van der Waals surface area (Å²) in [6.07, 6.45) is 3.42. The predicted molar refractivity (Wildman–Crippen MR) is 86.0 cm³/mol. The first-order valence-electron chi connectivity index (χ1n) is 7.55. The van der Waals surface area contributed by atoms with Gasteiger partial charge in [-0.25, -0.2) is 0 Å². The summed E-state index contributed by atoms with van der Waals surface area (Å²) in [7, 11) is 0. The van der Waals surface area contributed by atoms with Crippen LogP contribution in [-0.2, 0) is 0 Å². The lowest BCUT2D eigenvalue weighted by Crippen LogP contribution is -2.03. The van der Waals surface area contributed by atoms with Crippen LogP contribution < -0.4 is 9.47 Å². The molecule has 0 aliphatic heterocycles. The zero-order valence-electron chi connectivity index (χ0n) is 13.0. The number of aromatic nitrogens is 1. The van der Waals surface area contributed by atoms with Crippen LogP contribution in [0.3, 0.4) is 0 Å². The number of hydrogen-bond donors (Lipinski definition) is 0. The largest absolute Gasteiger partial charge is 0.490 e. The van der Waals surface area contributed by atoms with Gasteiger partial charge in [-0.3, -0.25) is 4.98 Å². The summed E-state index contributed by atoms with van der Waals surface area (Å²) in [5.41, 5.74) is 2.19. The molecule has 0 unspecified atom stereocenters. The number of benzene rings is 1. The zero-order valence-corrected chi connectivity index (χ0v) is 13.0. The van der Waals surface area contributed by atoms with Crippen LogP contribution in [0.1, 0.15) is 32.3 Å². The number of ether oxygens (including phenoxy) is 2. The van der Waals surface area contributed by atoms with Crippen molar-refractivity contribution in [2.75, 3.05) is 13.2 Å². The molecule has 0 saturated heterocycles. The third kappa shape index (κ3) is 3.76.